The molecule has 1 aliphatic heterocycles. The van der Waals surface area contributed by atoms with Gasteiger partial charge in [-0.05, 0) is 48.9 Å². The van der Waals surface area contributed by atoms with Crippen LogP contribution < -0.4 is 16.0 Å². The van der Waals surface area contributed by atoms with Crippen LogP contribution >= 0.6 is 34.4 Å². The molecular formula is C25H27N5OS3. The second kappa shape index (κ2) is 10.5. The minimum absolute atomic E-state index is 0.0381. The molecule has 6 nitrogen and oxygen atoms in total. The molecule has 3 N–H and O–H groups in total. The Bertz CT molecular complexity index is 1300. The highest BCUT2D eigenvalue weighted by Crippen LogP contribution is 2.45. The van der Waals surface area contributed by atoms with Crippen LogP contribution in [0.15, 0.2) is 52.5 Å². The molecule has 0 spiro atoms. The minimum Gasteiger partial charge on any atom is -0.317 e. The van der Waals surface area contributed by atoms with Crippen LogP contribution in [0.4, 0.5) is 5.00 Å². The summed E-state index contributed by atoms with van der Waals surface area (Å²) in [6.45, 7) is 6.63. The third-order valence-electron chi connectivity index (χ3n) is 5.52. The lowest BCUT2D eigenvalue weighted by Gasteiger charge is -2.13. The summed E-state index contributed by atoms with van der Waals surface area (Å²) in [7, 11) is 0. The van der Waals surface area contributed by atoms with E-state index < -0.39 is 0 Å². The third kappa shape index (κ3) is 5.34. The van der Waals surface area contributed by atoms with E-state index in [1.807, 2.05) is 24.4 Å². The molecule has 176 valence electrons. The normalized spacial score (nSPS) is 13.4. The highest BCUT2D eigenvalue weighted by molar-refractivity contribution is 7.99. The van der Waals surface area contributed by atoms with Crippen molar-refractivity contribution >= 4 is 55.6 Å². The van der Waals surface area contributed by atoms with Crippen molar-refractivity contribution in [3.63, 3.8) is 0 Å². The predicted octanol–water partition coefficient (Wildman–Crippen LogP) is 5.54. The van der Waals surface area contributed by atoms with Gasteiger partial charge >= 0.3 is 0 Å². The summed E-state index contributed by atoms with van der Waals surface area (Å²) in [6.07, 6.45) is 3.21. The van der Waals surface area contributed by atoms with E-state index in [-0.39, 0.29) is 5.91 Å². The molecule has 5 rings (SSSR count). The van der Waals surface area contributed by atoms with Gasteiger partial charge in [0.15, 0.2) is 0 Å². The Labute approximate surface area is 211 Å². The number of nitrogens with zero attached hydrogens (tertiary/aromatic N) is 2. The predicted molar refractivity (Wildman–Crippen MR) is 143 cm³/mol. The number of hydrogen-bond donors (Lipinski definition) is 3. The smallest absolute Gasteiger partial charge is 0.226 e. The molecule has 0 bridgehead atoms. The topological polar surface area (TPSA) is 78.9 Å². The molecule has 0 saturated carbocycles. The Morgan fingerprint density at radius 3 is 2.97 bits per heavy atom. The van der Waals surface area contributed by atoms with Gasteiger partial charge in [-0.1, -0.05) is 31.7 Å². The Morgan fingerprint density at radius 1 is 1.24 bits per heavy atom. The van der Waals surface area contributed by atoms with Crippen LogP contribution in [0.1, 0.15) is 30.7 Å². The molecule has 1 aromatic carbocycles. The number of fused-ring (bicyclic) bond motifs is 2. The summed E-state index contributed by atoms with van der Waals surface area (Å²) >= 11 is 5.01. The van der Waals surface area contributed by atoms with E-state index in [0.717, 1.165) is 55.2 Å². The number of carbonyl (C=O) groups excluding carboxylic acids is 1. The van der Waals surface area contributed by atoms with Gasteiger partial charge < -0.3 is 16.0 Å². The van der Waals surface area contributed by atoms with Gasteiger partial charge in [0.05, 0.1) is 10.2 Å². The molecule has 0 unspecified atom stereocenters. The van der Waals surface area contributed by atoms with E-state index in [0.29, 0.717) is 19.0 Å². The van der Waals surface area contributed by atoms with Gasteiger partial charge in [0.2, 0.25) is 5.91 Å². The molecule has 0 saturated heterocycles. The first-order chi connectivity index (χ1) is 16.6. The zero-order valence-electron chi connectivity index (χ0n) is 19.2. The first-order valence-electron chi connectivity index (χ1n) is 11.4. The standard InChI is InChI=1S/C25H27N5OS3/c1-15(2)27-12-9-21(31)30-25-23(17-8-11-26-14-20(17)34-25)24-29-18-13-16(6-7-19(18)33-24)32-22-5-3-4-10-28-22/h3-7,10,13,15,26-27H,8-9,11-12,14H2,1-2H3,(H,30,31). The summed E-state index contributed by atoms with van der Waals surface area (Å²) in [6, 6.07) is 12.7. The molecule has 4 aromatic rings. The van der Waals surface area contributed by atoms with Crippen molar-refractivity contribution in [2.24, 2.45) is 0 Å². The number of benzene rings is 1. The quantitative estimate of drug-likeness (QED) is 0.289. The molecule has 0 radical (unpaired) electrons. The van der Waals surface area contributed by atoms with E-state index in [2.05, 4.69) is 53.0 Å². The van der Waals surface area contributed by atoms with Gasteiger partial charge in [-0.15, -0.1) is 22.7 Å². The molecule has 0 atom stereocenters. The van der Waals surface area contributed by atoms with Crippen molar-refractivity contribution < 1.29 is 4.79 Å². The van der Waals surface area contributed by atoms with Crippen molar-refractivity contribution in [2.45, 2.75) is 49.2 Å². The zero-order valence-corrected chi connectivity index (χ0v) is 21.6. The summed E-state index contributed by atoms with van der Waals surface area (Å²) in [4.78, 5) is 24.5. The number of carbonyl (C=O) groups is 1. The Hall–Kier alpha value is -2.30. The molecule has 0 fully saturated rings. The van der Waals surface area contributed by atoms with Gasteiger partial charge in [-0.2, -0.15) is 0 Å². The van der Waals surface area contributed by atoms with Crippen molar-refractivity contribution in [3.05, 3.63) is 53.0 Å². The SMILES string of the molecule is CC(C)NCCC(=O)Nc1sc2c(c1-c1nc3cc(Sc4ccccn4)ccc3s1)CCNC2. The van der Waals surface area contributed by atoms with Crippen LogP contribution in [0.2, 0.25) is 0 Å². The molecule has 1 amide bonds. The van der Waals surface area contributed by atoms with Gasteiger partial charge in [-0.25, -0.2) is 9.97 Å². The highest BCUT2D eigenvalue weighted by Gasteiger charge is 2.25. The van der Waals surface area contributed by atoms with E-state index in [1.54, 1.807) is 34.4 Å². The van der Waals surface area contributed by atoms with Crippen LogP contribution in [0, 0.1) is 0 Å². The van der Waals surface area contributed by atoms with Gasteiger partial charge in [0, 0.05) is 47.1 Å². The minimum atomic E-state index is 0.0381. The highest BCUT2D eigenvalue weighted by atomic mass is 32.2. The lowest BCUT2D eigenvalue weighted by Crippen LogP contribution is -2.27. The zero-order chi connectivity index (χ0) is 23.5. The van der Waals surface area contributed by atoms with Gasteiger partial charge in [0.25, 0.3) is 0 Å². The monoisotopic (exact) mass is 509 g/mol. The first kappa shape index (κ1) is 23.4. The fourth-order valence-electron chi connectivity index (χ4n) is 3.92. The van der Waals surface area contributed by atoms with Crippen LogP contribution in [0.5, 0.6) is 0 Å². The van der Waals surface area contributed by atoms with Crippen LogP contribution in [-0.2, 0) is 17.8 Å². The van der Waals surface area contributed by atoms with E-state index in [9.17, 15) is 4.79 Å². The van der Waals surface area contributed by atoms with Crippen LogP contribution in [-0.4, -0.2) is 35.0 Å². The van der Waals surface area contributed by atoms with E-state index >= 15 is 0 Å². The second-order valence-electron chi connectivity index (χ2n) is 8.46. The molecule has 4 heterocycles. The molecule has 3 aromatic heterocycles. The summed E-state index contributed by atoms with van der Waals surface area (Å²) < 4.78 is 1.15. The van der Waals surface area contributed by atoms with Crippen molar-refractivity contribution in [3.8, 4) is 10.6 Å². The second-order valence-corrected chi connectivity index (χ2v) is 11.7. The average Bonchev–Trinajstić information content (AvgIpc) is 3.39. The fraction of sp³-hybridized carbons (Fsp3) is 0.320. The number of anilines is 1. The number of nitrogens with one attached hydrogen (secondary N) is 3. The first-order valence-corrected chi connectivity index (χ1v) is 13.9. The third-order valence-corrected chi connectivity index (χ3v) is 8.66. The number of pyridine rings is 1. The number of thiophene rings is 1. The molecule has 1 aliphatic rings. The number of rotatable bonds is 8. The summed E-state index contributed by atoms with van der Waals surface area (Å²) in [5.74, 6) is 0.0381. The lowest BCUT2D eigenvalue weighted by atomic mass is 10.0. The van der Waals surface area contributed by atoms with E-state index in [4.69, 9.17) is 4.98 Å². The maximum absolute atomic E-state index is 12.7. The van der Waals surface area contributed by atoms with Crippen molar-refractivity contribution in [1.29, 1.82) is 0 Å². The number of aromatic nitrogens is 2. The number of amides is 1. The molecule has 9 heteroatoms. The maximum atomic E-state index is 12.7. The average molecular weight is 510 g/mol. The van der Waals surface area contributed by atoms with Crippen LogP contribution in [0.25, 0.3) is 20.8 Å². The van der Waals surface area contributed by atoms with Gasteiger partial charge in [-0.3, -0.25) is 4.79 Å². The van der Waals surface area contributed by atoms with E-state index in [1.165, 1.54) is 10.4 Å². The lowest BCUT2D eigenvalue weighted by molar-refractivity contribution is -0.116. The maximum Gasteiger partial charge on any atom is 0.226 e. The Kier molecular flexibility index (Phi) is 7.26. The molecule has 34 heavy (non-hydrogen) atoms. The van der Waals surface area contributed by atoms with Crippen molar-refractivity contribution in [2.75, 3.05) is 18.4 Å². The summed E-state index contributed by atoms with van der Waals surface area (Å²) in [5, 5.41) is 12.8. The largest absolute Gasteiger partial charge is 0.317 e. The number of thiazole rings is 1. The fourth-order valence-corrected chi connectivity index (χ4v) is 7.05. The molecule has 0 aliphatic carbocycles. The Balaban J connectivity index is 1.44. The van der Waals surface area contributed by atoms with Gasteiger partial charge in [0.1, 0.15) is 15.0 Å². The summed E-state index contributed by atoms with van der Waals surface area (Å²) in [5.41, 5.74) is 3.40. The Morgan fingerprint density at radius 2 is 2.15 bits per heavy atom. The van der Waals surface area contributed by atoms with Crippen LogP contribution in [0.3, 0.4) is 0 Å². The molecular weight excluding hydrogens is 483 g/mol. The van der Waals surface area contributed by atoms with Crippen molar-refractivity contribution in [1.82, 2.24) is 20.6 Å². The number of hydrogen-bond acceptors (Lipinski definition) is 8.